The molecule has 0 saturated heterocycles. The van der Waals surface area contributed by atoms with Gasteiger partial charge in [-0.1, -0.05) is 36.8 Å². The summed E-state index contributed by atoms with van der Waals surface area (Å²) in [7, 11) is 0. The van der Waals surface area contributed by atoms with E-state index in [2.05, 4.69) is 5.32 Å². The molecule has 0 aliphatic carbocycles. The van der Waals surface area contributed by atoms with E-state index in [1.807, 2.05) is 38.1 Å². The quantitative estimate of drug-likeness (QED) is 0.608. The molecule has 1 aromatic heterocycles. The summed E-state index contributed by atoms with van der Waals surface area (Å²) in [5.74, 6) is -0.774. The Morgan fingerprint density at radius 3 is 2.64 bits per heavy atom. The van der Waals surface area contributed by atoms with Crippen molar-refractivity contribution in [2.24, 2.45) is 0 Å². The van der Waals surface area contributed by atoms with Gasteiger partial charge in [0.1, 0.15) is 11.3 Å². The second kappa shape index (κ2) is 8.61. The van der Waals surface area contributed by atoms with Gasteiger partial charge < -0.3 is 19.6 Å². The largest absolute Gasteiger partial charge is 0.508 e. The monoisotopic (exact) mass is 381 g/mol. The van der Waals surface area contributed by atoms with Crippen LogP contribution in [0.15, 0.2) is 53.1 Å². The minimum atomic E-state index is -0.519. The van der Waals surface area contributed by atoms with Crippen LogP contribution in [0.25, 0.3) is 11.0 Å². The van der Waals surface area contributed by atoms with Crippen LogP contribution < -0.4 is 5.32 Å². The first-order valence-corrected chi connectivity index (χ1v) is 9.17. The van der Waals surface area contributed by atoms with E-state index in [1.54, 1.807) is 6.07 Å². The highest BCUT2D eigenvalue weighted by Crippen LogP contribution is 2.25. The predicted octanol–water partition coefficient (Wildman–Crippen LogP) is 3.80. The number of phenols is 1. The van der Waals surface area contributed by atoms with E-state index in [9.17, 15) is 14.7 Å². The van der Waals surface area contributed by atoms with Crippen molar-refractivity contribution in [3.05, 3.63) is 65.4 Å². The Bertz CT molecular complexity index is 974. The van der Waals surface area contributed by atoms with Crippen LogP contribution in [0.4, 0.5) is 0 Å². The molecule has 3 aromatic rings. The summed E-state index contributed by atoms with van der Waals surface area (Å²) < 4.78 is 10.4. The number of phenolic OH excluding ortho intramolecular Hbond substituents is 1. The molecule has 0 aliphatic heterocycles. The van der Waals surface area contributed by atoms with E-state index in [4.69, 9.17) is 9.15 Å². The molecule has 0 saturated carbocycles. The van der Waals surface area contributed by atoms with Gasteiger partial charge in [0, 0.05) is 17.0 Å². The lowest BCUT2D eigenvalue weighted by atomic mass is 10.0. The molecule has 0 unspecified atom stereocenters. The van der Waals surface area contributed by atoms with Gasteiger partial charge in [-0.15, -0.1) is 0 Å². The van der Waals surface area contributed by atoms with Gasteiger partial charge in [-0.25, -0.2) is 0 Å². The molecule has 0 radical (unpaired) electrons. The molecule has 0 bridgehead atoms. The maximum Gasteiger partial charge on any atom is 0.310 e. The molecule has 0 aliphatic rings. The van der Waals surface area contributed by atoms with Crippen molar-refractivity contribution in [1.29, 1.82) is 0 Å². The average molecular weight is 381 g/mol. The highest BCUT2D eigenvalue weighted by atomic mass is 16.5. The molecule has 6 heteroatoms. The third-order valence-electron chi connectivity index (χ3n) is 4.56. The summed E-state index contributed by atoms with van der Waals surface area (Å²) in [6, 6.07) is 12.5. The Morgan fingerprint density at radius 1 is 1.18 bits per heavy atom. The summed E-state index contributed by atoms with van der Waals surface area (Å²) in [5.41, 5.74) is 3.30. The molecule has 146 valence electrons. The Kier molecular flexibility index (Phi) is 5.99. The fourth-order valence-corrected chi connectivity index (χ4v) is 3.02. The van der Waals surface area contributed by atoms with Gasteiger partial charge in [-0.3, -0.25) is 9.59 Å². The normalized spacial score (nSPS) is 11.9. The summed E-state index contributed by atoms with van der Waals surface area (Å²) in [6.45, 7) is 3.66. The van der Waals surface area contributed by atoms with Crippen LogP contribution in [0.5, 0.6) is 5.75 Å². The molecular formula is C22H23NO5. The number of amides is 1. The lowest BCUT2D eigenvalue weighted by Crippen LogP contribution is -2.32. The number of fused-ring (bicyclic) bond motifs is 1. The first kappa shape index (κ1) is 19.5. The zero-order valence-corrected chi connectivity index (χ0v) is 15.9. The topological polar surface area (TPSA) is 88.8 Å². The van der Waals surface area contributed by atoms with E-state index >= 15 is 0 Å². The molecule has 6 nitrogen and oxygen atoms in total. The van der Waals surface area contributed by atoms with Gasteiger partial charge in [0.2, 0.25) is 0 Å². The fraction of sp³-hybridized carbons (Fsp3) is 0.273. The Balaban J connectivity index is 1.53. The van der Waals surface area contributed by atoms with Gasteiger partial charge in [0.25, 0.3) is 5.91 Å². The number of nitrogens with one attached hydrogen (secondary N) is 1. The number of furan rings is 1. The third kappa shape index (κ3) is 4.71. The average Bonchev–Trinajstić information content (AvgIpc) is 3.07. The molecule has 2 N–H and O–H groups in total. The number of esters is 1. The van der Waals surface area contributed by atoms with Crippen molar-refractivity contribution >= 4 is 22.8 Å². The third-order valence-corrected chi connectivity index (χ3v) is 4.56. The Labute approximate surface area is 163 Å². The lowest BCUT2D eigenvalue weighted by Gasteiger charge is -2.17. The Morgan fingerprint density at radius 2 is 1.93 bits per heavy atom. The van der Waals surface area contributed by atoms with E-state index in [-0.39, 0.29) is 30.7 Å². The Hall–Kier alpha value is -3.28. The number of ether oxygens (including phenoxy) is 1. The number of benzene rings is 2. The molecule has 1 atom stereocenters. The summed E-state index contributed by atoms with van der Waals surface area (Å²) >= 11 is 0. The van der Waals surface area contributed by atoms with Gasteiger partial charge in [0.05, 0.1) is 18.7 Å². The van der Waals surface area contributed by atoms with Gasteiger partial charge in [-0.05, 0) is 31.0 Å². The number of hydrogen-bond donors (Lipinski definition) is 2. The van der Waals surface area contributed by atoms with Crippen molar-refractivity contribution in [2.45, 2.75) is 32.7 Å². The molecule has 1 amide bonds. The van der Waals surface area contributed by atoms with E-state index in [0.29, 0.717) is 11.1 Å². The highest BCUT2D eigenvalue weighted by molar-refractivity contribution is 5.87. The molecular weight excluding hydrogens is 358 g/mol. The summed E-state index contributed by atoms with van der Waals surface area (Å²) in [6.07, 6.45) is 2.17. The van der Waals surface area contributed by atoms with E-state index in [1.165, 1.54) is 18.4 Å². The molecule has 0 spiro atoms. The number of aryl methyl sites for hydroxylation is 1. The highest BCUT2D eigenvalue weighted by Gasteiger charge is 2.16. The number of carbonyl (C=O) groups excluding carboxylic acids is 2. The lowest BCUT2D eigenvalue weighted by molar-refractivity contribution is -0.148. The zero-order valence-electron chi connectivity index (χ0n) is 15.9. The molecule has 3 rings (SSSR count). The molecule has 28 heavy (non-hydrogen) atoms. The molecule has 2 aromatic carbocycles. The van der Waals surface area contributed by atoms with Crippen LogP contribution in [-0.4, -0.2) is 23.6 Å². The molecule has 1 heterocycles. The number of hydrogen-bond acceptors (Lipinski definition) is 5. The fourth-order valence-electron chi connectivity index (χ4n) is 3.02. The second-order valence-corrected chi connectivity index (χ2v) is 6.72. The van der Waals surface area contributed by atoms with Crippen LogP contribution in [0.1, 0.15) is 36.1 Å². The van der Waals surface area contributed by atoms with Crippen LogP contribution in [-0.2, 0) is 20.7 Å². The smallest absolute Gasteiger partial charge is 0.310 e. The maximum absolute atomic E-state index is 12.2. The van der Waals surface area contributed by atoms with Crippen LogP contribution in [0.2, 0.25) is 0 Å². The maximum atomic E-state index is 12.2. The minimum Gasteiger partial charge on any atom is -0.508 e. The van der Waals surface area contributed by atoms with Gasteiger partial charge in [0.15, 0.2) is 6.61 Å². The minimum absolute atomic E-state index is 0.0137. The van der Waals surface area contributed by atoms with Crippen LogP contribution in [0.3, 0.4) is 0 Å². The first-order valence-electron chi connectivity index (χ1n) is 9.17. The first-order chi connectivity index (χ1) is 13.5. The van der Waals surface area contributed by atoms with Crippen molar-refractivity contribution in [2.75, 3.05) is 6.61 Å². The van der Waals surface area contributed by atoms with E-state index < -0.39 is 5.97 Å². The standard InChI is InChI=1S/C22H23NO5/c1-3-19(15-6-4-14(2)5-7-15)23-21(25)13-28-22(26)10-16-12-27-20-11-17(24)8-9-18(16)20/h4-9,11-12,19,24H,3,10,13H2,1-2H3,(H,23,25)/t19-/m0/s1. The van der Waals surface area contributed by atoms with Crippen molar-refractivity contribution < 1.29 is 23.8 Å². The predicted molar refractivity (Wildman–Crippen MR) is 105 cm³/mol. The van der Waals surface area contributed by atoms with Gasteiger partial charge in [-0.2, -0.15) is 0 Å². The van der Waals surface area contributed by atoms with Crippen LogP contribution in [0, 0.1) is 6.92 Å². The van der Waals surface area contributed by atoms with E-state index in [0.717, 1.165) is 22.9 Å². The van der Waals surface area contributed by atoms with Gasteiger partial charge >= 0.3 is 5.97 Å². The zero-order chi connectivity index (χ0) is 20.1. The second-order valence-electron chi connectivity index (χ2n) is 6.72. The number of aromatic hydroxyl groups is 1. The summed E-state index contributed by atoms with van der Waals surface area (Å²) in [4.78, 5) is 24.3. The van der Waals surface area contributed by atoms with Crippen LogP contribution >= 0.6 is 0 Å². The number of rotatable bonds is 7. The van der Waals surface area contributed by atoms with Crippen molar-refractivity contribution in [3.63, 3.8) is 0 Å². The SMILES string of the molecule is CC[C@H](NC(=O)COC(=O)Cc1coc2cc(O)ccc12)c1ccc(C)cc1. The van der Waals surface area contributed by atoms with Crippen molar-refractivity contribution in [1.82, 2.24) is 5.32 Å². The number of carbonyl (C=O) groups is 2. The van der Waals surface area contributed by atoms with Crippen molar-refractivity contribution in [3.8, 4) is 5.75 Å². The summed E-state index contributed by atoms with van der Waals surface area (Å²) in [5, 5.41) is 13.1. The molecule has 0 fully saturated rings.